The third-order valence-corrected chi connectivity index (χ3v) is 1.98. The number of methoxy groups -OCH3 is 1. The Hall–Kier alpha value is -1.71. The van der Waals surface area contributed by atoms with Gasteiger partial charge in [-0.25, -0.2) is 0 Å². The summed E-state index contributed by atoms with van der Waals surface area (Å²) in [7, 11) is 1.45. The Morgan fingerprint density at radius 3 is 2.87 bits per heavy atom. The number of aromatic hydroxyl groups is 1. The van der Waals surface area contributed by atoms with Crippen molar-refractivity contribution in [3.05, 3.63) is 23.8 Å². The summed E-state index contributed by atoms with van der Waals surface area (Å²) < 4.78 is 4.91. The van der Waals surface area contributed by atoms with E-state index in [2.05, 4.69) is 5.32 Å². The normalized spacial score (nSPS) is 9.73. The Morgan fingerprint density at radius 2 is 2.27 bits per heavy atom. The minimum atomic E-state index is -0.157. The first-order chi connectivity index (χ1) is 7.19. The molecular formula is C11H15NO3. The predicted octanol–water partition coefficient (Wildman–Crippen LogP) is 1.54. The molecule has 15 heavy (non-hydrogen) atoms. The Balaban J connectivity index is 2.81. The number of nitrogens with one attached hydrogen (secondary N) is 1. The third kappa shape index (κ3) is 2.87. The van der Waals surface area contributed by atoms with E-state index >= 15 is 0 Å². The highest BCUT2D eigenvalue weighted by Gasteiger charge is 2.08. The molecule has 0 saturated heterocycles. The highest BCUT2D eigenvalue weighted by molar-refractivity contribution is 5.94. The molecule has 0 aliphatic heterocycles. The van der Waals surface area contributed by atoms with Crippen molar-refractivity contribution in [3.8, 4) is 11.5 Å². The maximum absolute atomic E-state index is 11.5. The molecule has 1 rings (SSSR count). The lowest BCUT2D eigenvalue weighted by Crippen LogP contribution is -2.23. The second kappa shape index (κ2) is 5.24. The first-order valence-corrected chi connectivity index (χ1v) is 4.84. The molecule has 0 heterocycles. The molecule has 1 aromatic rings. The summed E-state index contributed by atoms with van der Waals surface area (Å²) in [6, 6.07) is 4.52. The van der Waals surface area contributed by atoms with Gasteiger partial charge in [0.15, 0.2) is 11.5 Å². The van der Waals surface area contributed by atoms with Gasteiger partial charge in [0.2, 0.25) is 0 Å². The minimum Gasteiger partial charge on any atom is -0.504 e. The van der Waals surface area contributed by atoms with E-state index in [1.165, 1.54) is 19.2 Å². The van der Waals surface area contributed by atoms with Crippen molar-refractivity contribution in [2.24, 2.45) is 0 Å². The van der Waals surface area contributed by atoms with Crippen molar-refractivity contribution in [3.63, 3.8) is 0 Å². The zero-order valence-corrected chi connectivity index (χ0v) is 8.91. The molecule has 0 atom stereocenters. The van der Waals surface area contributed by atoms with Crippen LogP contribution in [-0.4, -0.2) is 24.7 Å². The third-order valence-electron chi connectivity index (χ3n) is 1.98. The van der Waals surface area contributed by atoms with E-state index in [0.29, 0.717) is 17.9 Å². The van der Waals surface area contributed by atoms with Crippen LogP contribution in [0.2, 0.25) is 0 Å². The standard InChI is InChI=1S/C11H15NO3/c1-3-6-12-11(14)8-4-5-9(13)10(7-8)15-2/h4-5,7,13H,3,6H2,1-2H3,(H,12,14). The largest absolute Gasteiger partial charge is 0.504 e. The highest BCUT2D eigenvalue weighted by Crippen LogP contribution is 2.26. The molecule has 1 amide bonds. The van der Waals surface area contributed by atoms with Crippen LogP contribution >= 0.6 is 0 Å². The lowest BCUT2D eigenvalue weighted by Gasteiger charge is -2.06. The van der Waals surface area contributed by atoms with Crippen LogP contribution in [0, 0.1) is 0 Å². The van der Waals surface area contributed by atoms with Crippen LogP contribution in [0.15, 0.2) is 18.2 Å². The van der Waals surface area contributed by atoms with E-state index in [1.807, 2.05) is 6.92 Å². The summed E-state index contributed by atoms with van der Waals surface area (Å²) in [5, 5.41) is 12.1. The number of carbonyl (C=O) groups is 1. The van der Waals surface area contributed by atoms with Crippen LogP contribution in [0.4, 0.5) is 0 Å². The average molecular weight is 209 g/mol. The van der Waals surface area contributed by atoms with Crippen LogP contribution in [0.1, 0.15) is 23.7 Å². The molecule has 1 aromatic carbocycles. The fourth-order valence-electron chi connectivity index (χ4n) is 1.16. The maximum atomic E-state index is 11.5. The average Bonchev–Trinajstić information content (AvgIpc) is 2.26. The van der Waals surface area contributed by atoms with E-state index in [0.717, 1.165) is 6.42 Å². The van der Waals surface area contributed by atoms with Gasteiger partial charge >= 0.3 is 0 Å². The van der Waals surface area contributed by atoms with Crippen molar-refractivity contribution in [2.45, 2.75) is 13.3 Å². The summed E-state index contributed by atoms with van der Waals surface area (Å²) in [6.07, 6.45) is 0.890. The molecule has 4 heteroatoms. The topological polar surface area (TPSA) is 58.6 Å². The van der Waals surface area contributed by atoms with Crippen LogP contribution in [-0.2, 0) is 0 Å². The highest BCUT2D eigenvalue weighted by atomic mass is 16.5. The number of ether oxygens (including phenoxy) is 1. The summed E-state index contributed by atoms with van der Waals surface area (Å²) in [5.74, 6) is 0.179. The Kier molecular flexibility index (Phi) is 3.97. The zero-order valence-electron chi connectivity index (χ0n) is 8.91. The number of benzene rings is 1. The second-order valence-corrected chi connectivity index (χ2v) is 3.14. The molecule has 0 saturated carbocycles. The van der Waals surface area contributed by atoms with Crippen LogP contribution in [0.3, 0.4) is 0 Å². The van der Waals surface area contributed by atoms with E-state index in [1.54, 1.807) is 6.07 Å². The Morgan fingerprint density at radius 1 is 1.53 bits per heavy atom. The molecule has 0 aliphatic carbocycles. The quantitative estimate of drug-likeness (QED) is 0.790. The fourth-order valence-corrected chi connectivity index (χ4v) is 1.16. The molecular weight excluding hydrogens is 194 g/mol. The minimum absolute atomic E-state index is 0.0320. The monoisotopic (exact) mass is 209 g/mol. The smallest absolute Gasteiger partial charge is 0.251 e. The van der Waals surface area contributed by atoms with E-state index in [-0.39, 0.29) is 11.7 Å². The molecule has 0 radical (unpaired) electrons. The van der Waals surface area contributed by atoms with Crippen molar-refractivity contribution < 1.29 is 14.6 Å². The number of hydrogen-bond acceptors (Lipinski definition) is 3. The van der Waals surface area contributed by atoms with Gasteiger partial charge in [0.1, 0.15) is 0 Å². The molecule has 4 nitrogen and oxygen atoms in total. The summed E-state index contributed by atoms with van der Waals surface area (Å²) >= 11 is 0. The van der Waals surface area contributed by atoms with Crippen LogP contribution in [0.25, 0.3) is 0 Å². The molecule has 0 aromatic heterocycles. The van der Waals surface area contributed by atoms with Gasteiger partial charge < -0.3 is 15.2 Å². The fraction of sp³-hybridized carbons (Fsp3) is 0.364. The zero-order chi connectivity index (χ0) is 11.3. The number of amides is 1. The van der Waals surface area contributed by atoms with Crippen molar-refractivity contribution in [1.29, 1.82) is 0 Å². The molecule has 0 unspecified atom stereocenters. The van der Waals surface area contributed by atoms with Gasteiger partial charge in [-0.2, -0.15) is 0 Å². The lowest BCUT2D eigenvalue weighted by molar-refractivity contribution is 0.0953. The van der Waals surface area contributed by atoms with Crippen LogP contribution in [0.5, 0.6) is 11.5 Å². The van der Waals surface area contributed by atoms with Gasteiger partial charge in [-0.1, -0.05) is 6.92 Å². The molecule has 0 spiro atoms. The molecule has 0 fully saturated rings. The van der Waals surface area contributed by atoms with Gasteiger partial charge in [0.05, 0.1) is 7.11 Å². The SMILES string of the molecule is CCCNC(=O)c1ccc(O)c(OC)c1. The summed E-state index contributed by atoms with van der Waals surface area (Å²) in [4.78, 5) is 11.5. The molecule has 82 valence electrons. The maximum Gasteiger partial charge on any atom is 0.251 e. The Bertz CT molecular complexity index is 350. The summed E-state index contributed by atoms with van der Waals surface area (Å²) in [6.45, 7) is 2.62. The number of rotatable bonds is 4. The number of hydrogen-bond donors (Lipinski definition) is 2. The van der Waals surface area contributed by atoms with Gasteiger partial charge in [-0.3, -0.25) is 4.79 Å². The first-order valence-electron chi connectivity index (χ1n) is 4.84. The second-order valence-electron chi connectivity index (χ2n) is 3.14. The molecule has 0 aliphatic rings. The van der Waals surface area contributed by atoms with E-state index in [9.17, 15) is 9.90 Å². The van der Waals surface area contributed by atoms with Gasteiger partial charge in [-0.05, 0) is 24.6 Å². The van der Waals surface area contributed by atoms with Crippen molar-refractivity contribution in [2.75, 3.05) is 13.7 Å². The number of carbonyl (C=O) groups excluding carboxylic acids is 1. The van der Waals surface area contributed by atoms with E-state index < -0.39 is 0 Å². The predicted molar refractivity (Wildman–Crippen MR) is 57.3 cm³/mol. The first kappa shape index (κ1) is 11.4. The van der Waals surface area contributed by atoms with Gasteiger partial charge in [0.25, 0.3) is 5.91 Å². The number of phenols is 1. The molecule has 2 N–H and O–H groups in total. The van der Waals surface area contributed by atoms with Crippen LogP contribution < -0.4 is 10.1 Å². The van der Waals surface area contributed by atoms with Gasteiger partial charge in [-0.15, -0.1) is 0 Å². The number of phenolic OH excluding ortho intramolecular Hbond substituents is 1. The van der Waals surface area contributed by atoms with Gasteiger partial charge in [0, 0.05) is 12.1 Å². The molecule has 0 bridgehead atoms. The van der Waals surface area contributed by atoms with Crippen molar-refractivity contribution in [1.82, 2.24) is 5.32 Å². The van der Waals surface area contributed by atoms with E-state index in [4.69, 9.17) is 4.74 Å². The lowest BCUT2D eigenvalue weighted by atomic mass is 10.2. The Labute approximate surface area is 88.9 Å². The van der Waals surface area contributed by atoms with Crippen molar-refractivity contribution >= 4 is 5.91 Å². The summed E-state index contributed by atoms with van der Waals surface area (Å²) in [5.41, 5.74) is 0.484.